The van der Waals surface area contributed by atoms with Gasteiger partial charge in [-0.25, -0.2) is 0 Å². The highest BCUT2D eigenvalue weighted by Gasteiger charge is 2.41. The maximum atomic E-state index is 10.6. The fraction of sp³-hybridized carbons (Fsp3) is 0.654. The number of aliphatic carboxylic acids is 1. The third kappa shape index (κ3) is 8.68. The van der Waals surface area contributed by atoms with E-state index in [1.807, 2.05) is 12.1 Å². The zero-order valence-corrected chi connectivity index (χ0v) is 20.4. The summed E-state index contributed by atoms with van der Waals surface area (Å²) >= 11 is 13.2. The van der Waals surface area contributed by atoms with E-state index < -0.39 is 12.1 Å². The van der Waals surface area contributed by atoms with Gasteiger partial charge < -0.3 is 10.2 Å². The number of hydrogen-bond acceptors (Lipinski definition) is 2. The van der Waals surface area contributed by atoms with Crippen LogP contribution in [0.1, 0.15) is 95.3 Å². The lowest BCUT2D eigenvalue weighted by Crippen LogP contribution is -2.15. The Kier molecular flexibility index (Phi) is 10.2. The minimum atomic E-state index is -0.766. The molecule has 0 bridgehead atoms. The number of halogens is 2. The van der Waals surface area contributed by atoms with Crippen molar-refractivity contribution in [2.45, 2.75) is 94.9 Å². The molecule has 0 saturated heterocycles. The van der Waals surface area contributed by atoms with Crippen LogP contribution in [0.2, 0.25) is 0 Å². The Morgan fingerprint density at radius 2 is 1.81 bits per heavy atom. The molecule has 3 nitrogen and oxygen atoms in total. The van der Waals surface area contributed by atoms with Crippen molar-refractivity contribution in [1.82, 2.24) is 0 Å². The van der Waals surface area contributed by atoms with E-state index in [0.717, 1.165) is 36.8 Å². The van der Waals surface area contributed by atoms with Crippen molar-refractivity contribution >= 4 is 29.2 Å². The summed E-state index contributed by atoms with van der Waals surface area (Å²) in [5, 5.41) is 19.1. The second kappa shape index (κ2) is 12.1. The van der Waals surface area contributed by atoms with Gasteiger partial charge in [0.25, 0.3) is 0 Å². The molecule has 1 fully saturated rings. The summed E-state index contributed by atoms with van der Waals surface area (Å²) in [4.78, 5) is 10.6. The summed E-state index contributed by atoms with van der Waals surface area (Å²) < 4.78 is 0. The first-order valence-electron chi connectivity index (χ1n) is 11.3. The molecule has 2 rings (SSSR count). The summed E-state index contributed by atoms with van der Waals surface area (Å²) in [5.74, 6) is 5.78. The lowest BCUT2D eigenvalue weighted by Gasteiger charge is -2.21. The van der Waals surface area contributed by atoms with Gasteiger partial charge in [-0.3, -0.25) is 4.79 Å². The summed E-state index contributed by atoms with van der Waals surface area (Å²) in [6.07, 6.45) is 5.38. The van der Waals surface area contributed by atoms with E-state index >= 15 is 0 Å². The van der Waals surface area contributed by atoms with Crippen LogP contribution >= 0.6 is 23.2 Å². The molecule has 172 valence electrons. The molecule has 5 unspecified atom stereocenters. The predicted molar refractivity (Wildman–Crippen MR) is 129 cm³/mol. The van der Waals surface area contributed by atoms with Crippen molar-refractivity contribution < 1.29 is 15.0 Å². The molecule has 0 aromatic heterocycles. The molecule has 1 aliphatic carbocycles. The molecular weight excluding hydrogens is 431 g/mol. The number of unbranched alkanes of at least 4 members (excludes halogenated alkanes) is 2. The van der Waals surface area contributed by atoms with Crippen molar-refractivity contribution in [2.75, 3.05) is 0 Å². The van der Waals surface area contributed by atoms with Gasteiger partial charge in [0.2, 0.25) is 0 Å². The number of benzene rings is 1. The standard InChI is InChI=1S/C26H36Cl2O3/c1-26(2,3)16-8-10-23(29)18-12-14-19(15-13-18)25-20(21(27)17-22(25)28)9-6-4-5-7-11-24(30)31/h12-15,20-23,25,29H,4-5,7-8,10-11,16-17H2,1-3H3,(H,30,31). The number of aliphatic hydroxyl groups is 1. The number of aliphatic hydroxyl groups excluding tert-OH is 1. The van der Waals surface area contributed by atoms with E-state index in [-0.39, 0.29) is 34.4 Å². The Bertz CT molecular complexity index is 758. The SMILES string of the molecule is CC(C)(C)CCCC(O)c1ccc(C2C(Cl)CC(Cl)C2C#CCCCCC(=O)O)cc1. The Morgan fingerprint density at radius 3 is 2.42 bits per heavy atom. The molecule has 0 spiro atoms. The van der Waals surface area contributed by atoms with Gasteiger partial charge in [-0.15, -0.1) is 29.1 Å². The Labute approximate surface area is 197 Å². The molecule has 1 aromatic rings. The highest BCUT2D eigenvalue weighted by atomic mass is 35.5. The van der Waals surface area contributed by atoms with Gasteiger partial charge in [0, 0.05) is 35.4 Å². The largest absolute Gasteiger partial charge is 0.481 e. The summed E-state index contributed by atoms with van der Waals surface area (Å²) in [6, 6.07) is 8.11. The van der Waals surface area contributed by atoms with Crippen molar-refractivity contribution in [3.8, 4) is 11.8 Å². The molecule has 0 aliphatic heterocycles. The summed E-state index contributed by atoms with van der Waals surface area (Å²) in [7, 11) is 0. The topological polar surface area (TPSA) is 57.5 Å². The lowest BCUT2D eigenvalue weighted by atomic mass is 9.87. The lowest BCUT2D eigenvalue weighted by molar-refractivity contribution is -0.137. The number of rotatable bonds is 9. The molecule has 1 saturated carbocycles. The summed E-state index contributed by atoms with van der Waals surface area (Å²) in [6.45, 7) is 6.66. The molecule has 0 amide bonds. The maximum absolute atomic E-state index is 10.6. The van der Waals surface area contributed by atoms with Crippen LogP contribution in [0.4, 0.5) is 0 Å². The second-order valence-corrected chi connectivity index (χ2v) is 11.0. The van der Waals surface area contributed by atoms with Crippen molar-refractivity contribution in [1.29, 1.82) is 0 Å². The highest BCUT2D eigenvalue weighted by molar-refractivity contribution is 6.25. The Morgan fingerprint density at radius 1 is 1.13 bits per heavy atom. The number of carbonyl (C=O) groups is 1. The van der Waals surface area contributed by atoms with Crippen LogP contribution in [0, 0.1) is 23.2 Å². The molecule has 0 radical (unpaired) electrons. The van der Waals surface area contributed by atoms with Crippen LogP contribution in [-0.4, -0.2) is 26.9 Å². The average molecular weight is 467 g/mol. The van der Waals surface area contributed by atoms with Gasteiger partial charge in [-0.1, -0.05) is 57.4 Å². The minimum Gasteiger partial charge on any atom is -0.481 e. The van der Waals surface area contributed by atoms with E-state index in [4.69, 9.17) is 28.3 Å². The third-order valence-electron chi connectivity index (χ3n) is 5.94. The maximum Gasteiger partial charge on any atom is 0.303 e. The van der Waals surface area contributed by atoms with E-state index in [1.54, 1.807) is 0 Å². The zero-order chi connectivity index (χ0) is 23.0. The van der Waals surface area contributed by atoms with Crippen LogP contribution < -0.4 is 0 Å². The third-order valence-corrected chi connectivity index (χ3v) is 6.84. The van der Waals surface area contributed by atoms with Crippen LogP contribution in [0.3, 0.4) is 0 Å². The molecule has 5 atom stereocenters. The highest BCUT2D eigenvalue weighted by Crippen LogP contribution is 2.45. The molecule has 31 heavy (non-hydrogen) atoms. The molecule has 2 N–H and O–H groups in total. The van der Waals surface area contributed by atoms with Crippen molar-refractivity contribution in [3.05, 3.63) is 35.4 Å². The summed E-state index contributed by atoms with van der Waals surface area (Å²) in [5.41, 5.74) is 2.33. The first-order valence-corrected chi connectivity index (χ1v) is 12.2. The second-order valence-electron chi connectivity index (χ2n) is 9.88. The molecule has 1 aromatic carbocycles. The smallest absolute Gasteiger partial charge is 0.303 e. The average Bonchev–Trinajstić information content (AvgIpc) is 2.96. The van der Waals surface area contributed by atoms with E-state index in [9.17, 15) is 9.90 Å². The normalized spacial score (nSPS) is 24.5. The molecule has 0 heterocycles. The minimum absolute atomic E-state index is 0.0220. The van der Waals surface area contributed by atoms with E-state index in [1.165, 1.54) is 0 Å². The fourth-order valence-electron chi connectivity index (χ4n) is 4.17. The number of hydrogen-bond donors (Lipinski definition) is 2. The number of alkyl halides is 2. The molecule has 5 heteroatoms. The van der Waals surface area contributed by atoms with Crippen LogP contribution in [0.5, 0.6) is 0 Å². The van der Waals surface area contributed by atoms with Gasteiger partial charge in [-0.05, 0) is 48.6 Å². The van der Waals surface area contributed by atoms with Crippen LogP contribution in [-0.2, 0) is 4.79 Å². The van der Waals surface area contributed by atoms with E-state index in [0.29, 0.717) is 19.3 Å². The zero-order valence-electron chi connectivity index (χ0n) is 18.9. The monoisotopic (exact) mass is 466 g/mol. The first kappa shape index (κ1) is 26.0. The van der Waals surface area contributed by atoms with E-state index in [2.05, 4.69) is 44.7 Å². The van der Waals surface area contributed by atoms with Gasteiger partial charge in [0.15, 0.2) is 0 Å². The van der Waals surface area contributed by atoms with Gasteiger partial charge >= 0.3 is 5.97 Å². The molecular formula is C26H36Cl2O3. The predicted octanol–water partition coefficient (Wildman–Crippen LogP) is 6.90. The fourth-order valence-corrected chi connectivity index (χ4v) is 5.16. The molecule has 1 aliphatic rings. The van der Waals surface area contributed by atoms with Gasteiger partial charge in [0.1, 0.15) is 0 Å². The first-order chi connectivity index (χ1) is 14.6. The Balaban J connectivity index is 1.98. The van der Waals surface area contributed by atoms with Crippen molar-refractivity contribution in [2.24, 2.45) is 11.3 Å². The van der Waals surface area contributed by atoms with Crippen LogP contribution in [0.15, 0.2) is 24.3 Å². The number of carboxylic acids is 1. The Hall–Kier alpha value is -1.21. The van der Waals surface area contributed by atoms with Gasteiger partial charge in [-0.2, -0.15) is 0 Å². The van der Waals surface area contributed by atoms with Crippen LogP contribution in [0.25, 0.3) is 0 Å². The quantitative estimate of drug-likeness (QED) is 0.236. The van der Waals surface area contributed by atoms with Gasteiger partial charge in [0.05, 0.1) is 6.10 Å². The van der Waals surface area contributed by atoms with Crippen molar-refractivity contribution in [3.63, 3.8) is 0 Å². The number of carboxylic acid groups (broad SMARTS) is 1.